The smallest absolute Gasteiger partial charge is 0.289 e. The molecule has 5 nitrogen and oxygen atoms in total. The monoisotopic (exact) mass is 292 g/mol. The van der Waals surface area contributed by atoms with E-state index in [9.17, 15) is 4.79 Å². The molecule has 2 N–H and O–H groups in total. The molecule has 1 amide bonds. The molecule has 0 aliphatic rings. The molecule has 0 spiro atoms. The molecule has 3 aromatic rings. The summed E-state index contributed by atoms with van der Waals surface area (Å²) in [5.74, 6) is -0.0510. The van der Waals surface area contributed by atoms with Gasteiger partial charge in [-0.2, -0.15) is 5.10 Å². The minimum Gasteiger partial charge on any atom is -0.343 e. The van der Waals surface area contributed by atoms with Gasteiger partial charge >= 0.3 is 0 Å². The van der Waals surface area contributed by atoms with Crippen molar-refractivity contribution in [2.24, 2.45) is 0 Å². The van der Waals surface area contributed by atoms with Crippen LogP contribution in [0.3, 0.4) is 0 Å². The van der Waals surface area contributed by atoms with E-state index >= 15 is 0 Å². The number of nitrogens with zero attached hydrogens (tertiary/aromatic N) is 2. The van der Waals surface area contributed by atoms with Crippen LogP contribution in [0, 0.1) is 0 Å². The van der Waals surface area contributed by atoms with Crippen molar-refractivity contribution < 1.29 is 4.79 Å². The zero-order valence-corrected chi connectivity index (χ0v) is 12.2. The van der Waals surface area contributed by atoms with Crippen LogP contribution in [0.1, 0.15) is 29.1 Å². The van der Waals surface area contributed by atoms with Crippen LogP contribution in [-0.2, 0) is 0 Å². The second kappa shape index (κ2) is 6.22. The Labute approximate surface area is 128 Å². The third kappa shape index (κ3) is 3.03. The Morgan fingerprint density at radius 3 is 2.36 bits per heavy atom. The van der Waals surface area contributed by atoms with Gasteiger partial charge in [-0.15, -0.1) is 0 Å². The van der Waals surface area contributed by atoms with Crippen LogP contribution in [0.5, 0.6) is 0 Å². The van der Waals surface area contributed by atoms with Crippen molar-refractivity contribution in [3.63, 3.8) is 0 Å². The average Bonchev–Trinajstić information content (AvgIpc) is 3.10. The maximum atomic E-state index is 11.9. The lowest BCUT2D eigenvalue weighted by Crippen LogP contribution is -2.27. The van der Waals surface area contributed by atoms with Gasteiger partial charge in [0, 0.05) is 0 Å². The molecular formula is C17H16N4O. The summed E-state index contributed by atoms with van der Waals surface area (Å²) >= 11 is 0. The van der Waals surface area contributed by atoms with Crippen molar-refractivity contribution in [3.05, 3.63) is 72.3 Å². The van der Waals surface area contributed by atoms with E-state index in [1.54, 1.807) is 0 Å². The Bertz CT molecular complexity index is 736. The van der Waals surface area contributed by atoms with E-state index in [1.165, 1.54) is 11.9 Å². The molecule has 1 aromatic heterocycles. The van der Waals surface area contributed by atoms with Crippen molar-refractivity contribution >= 4 is 5.91 Å². The van der Waals surface area contributed by atoms with E-state index < -0.39 is 0 Å². The van der Waals surface area contributed by atoms with Gasteiger partial charge in [-0.25, -0.2) is 4.98 Å². The van der Waals surface area contributed by atoms with Crippen LogP contribution >= 0.6 is 0 Å². The maximum absolute atomic E-state index is 11.9. The lowest BCUT2D eigenvalue weighted by molar-refractivity contribution is 0.0930. The minimum absolute atomic E-state index is 0.109. The number of rotatable bonds is 4. The first kappa shape index (κ1) is 14.0. The first-order valence-electron chi connectivity index (χ1n) is 7.05. The zero-order valence-electron chi connectivity index (χ0n) is 12.2. The Balaban J connectivity index is 1.71. The van der Waals surface area contributed by atoms with Gasteiger partial charge in [0.1, 0.15) is 6.33 Å². The highest BCUT2D eigenvalue weighted by Gasteiger charge is 2.13. The van der Waals surface area contributed by atoms with Crippen molar-refractivity contribution in [3.8, 4) is 11.1 Å². The van der Waals surface area contributed by atoms with Crippen LogP contribution in [0.15, 0.2) is 60.9 Å². The average molecular weight is 292 g/mol. The van der Waals surface area contributed by atoms with Crippen LogP contribution in [0.25, 0.3) is 11.1 Å². The van der Waals surface area contributed by atoms with E-state index in [0.29, 0.717) is 0 Å². The molecule has 22 heavy (non-hydrogen) atoms. The van der Waals surface area contributed by atoms with Crippen LogP contribution in [-0.4, -0.2) is 21.1 Å². The standard InChI is InChI=1S/C17H16N4O/c1-12(20-17(22)16-18-11-19-21-16)13-7-9-15(10-8-13)14-5-3-2-4-6-14/h2-12H,1H3,(H,20,22)(H,18,19,21)/t12-/m1/s1. The summed E-state index contributed by atoms with van der Waals surface area (Å²) in [5, 5.41) is 9.11. The van der Waals surface area contributed by atoms with Crippen molar-refractivity contribution in [2.45, 2.75) is 13.0 Å². The second-order valence-electron chi connectivity index (χ2n) is 5.02. The highest BCUT2D eigenvalue weighted by molar-refractivity contribution is 5.90. The number of nitrogens with one attached hydrogen (secondary N) is 2. The normalized spacial score (nSPS) is 11.9. The third-order valence-corrected chi connectivity index (χ3v) is 3.50. The van der Waals surface area contributed by atoms with Gasteiger partial charge in [0.15, 0.2) is 0 Å². The van der Waals surface area contributed by atoms with Crippen molar-refractivity contribution in [1.29, 1.82) is 0 Å². The van der Waals surface area contributed by atoms with Gasteiger partial charge in [0.05, 0.1) is 6.04 Å². The molecule has 1 atom stereocenters. The molecule has 110 valence electrons. The molecule has 5 heteroatoms. The molecule has 0 unspecified atom stereocenters. The fourth-order valence-corrected chi connectivity index (χ4v) is 2.26. The fourth-order valence-electron chi connectivity index (χ4n) is 2.26. The summed E-state index contributed by atoms with van der Waals surface area (Å²) in [5.41, 5.74) is 3.36. The molecule has 0 saturated heterocycles. The second-order valence-corrected chi connectivity index (χ2v) is 5.02. The van der Waals surface area contributed by atoms with Gasteiger partial charge in [0.25, 0.3) is 5.91 Å². The number of carbonyl (C=O) groups is 1. The Morgan fingerprint density at radius 2 is 1.73 bits per heavy atom. The lowest BCUT2D eigenvalue weighted by atomic mass is 10.0. The first-order valence-corrected chi connectivity index (χ1v) is 7.05. The summed E-state index contributed by atoms with van der Waals surface area (Å²) < 4.78 is 0. The number of amides is 1. The molecule has 0 fully saturated rings. The summed E-state index contributed by atoms with van der Waals surface area (Å²) in [6.45, 7) is 1.94. The number of aromatic nitrogens is 3. The van der Waals surface area contributed by atoms with E-state index in [4.69, 9.17) is 0 Å². The first-order chi connectivity index (χ1) is 10.7. The molecule has 1 heterocycles. The summed E-state index contributed by atoms with van der Waals surface area (Å²) in [6, 6.07) is 18.2. The highest BCUT2D eigenvalue weighted by Crippen LogP contribution is 2.21. The maximum Gasteiger partial charge on any atom is 0.289 e. The third-order valence-electron chi connectivity index (χ3n) is 3.50. The highest BCUT2D eigenvalue weighted by atomic mass is 16.2. The van der Waals surface area contributed by atoms with Crippen molar-refractivity contribution in [2.75, 3.05) is 0 Å². The van der Waals surface area contributed by atoms with Gasteiger partial charge in [-0.1, -0.05) is 54.6 Å². The topological polar surface area (TPSA) is 70.7 Å². The summed E-state index contributed by atoms with van der Waals surface area (Å²) in [4.78, 5) is 15.8. The fraction of sp³-hybridized carbons (Fsp3) is 0.118. The number of H-pyrrole nitrogens is 1. The van der Waals surface area contributed by atoms with Crippen LogP contribution < -0.4 is 5.32 Å². The quantitative estimate of drug-likeness (QED) is 0.776. The summed E-state index contributed by atoms with van der Waals surface area (Å²) in [7, 11) is 0. The minimum atomic E-state index is -0.267. The SMILES string of the molecule is C[C@@H](NC(=O)c1ncn[nH]1)c1ccc(-c2ccccc2)cc1. The van der Waals surface area contributed by atoms with E-state index in [2.05, 4.69) is 44.8 Å². The van der Waals surface area contributed by atoms with E-state index in [0.717, 1.165) is 11.1 Å². The van der Waals surface area contributed by atoms with Crippen LogP contribution in [0.4, 0.5) is 0 Å². The number of benzene rings is 2. The summed E-state index contributed by atoms with van der Waals surface area (Å²) in [6.07, 6.45) is 1.31. The molecule has 0 bridgehead atoms. The lowest BCUT2D eigenvalue weighted by Gasteiger charge is -2.14. The van der Waals surface area contributed by atoms with Crippen molar-refractivity contribution in [1.82, 2.24) is 20.5 Å². The number of hydrogen-bond acceptors (Lipinski definition) is 3. The van der Waals surface area contributed by atoms with E-state index in [-0.39, 0.29) is 17.8 Å². The Kier molecular flexibility index (Phi) is 3.96. The van der Waals surface area contributed by atoms with Gasteiger partial charge in [-0.05, 0) is 23.6 Å². The molecule has 0 aliphatic carbocycles. The Hall–Kier alpha value is -2.95. The molecule has 2 aromatic carbocycles. The predicted molar refractivity (Wildman–Crippen MR) is 84.1 cm³/mol. The molecule has 3 rings (SSSR count). The molecule has 0 aliphatic heterocycles. The van der Waals surface area contributed by atoms with Gasteiger partial charge in [-0.3, -0.25) is 9.89 Å². The predicted octanol–water partition coefficient (Wildman–Crippen LogP) is 2.96. The van der Waals surface area contributed by atoms with Gasteiger partial charge < -0.3 is 5.32 Å². The largest absolute Gasteiger partial charge is 0.343 e. The molecular weight excluding hydrogens is 276 g/mol. The van der Waals surface area contributed by atoms with E-state index in [1.807, 2.05) is 37.3 Å². The number of aromatic amines is 1. The molecule has 0 radical (unpaired) electrons. The zero-order chi connectivity index (χ0) is 15.4. The number of hydrogen-bond donors (Lipinski definition) is 2. The Morgan fingerprint density at radius 1 is 1.05 bits per heavy atom. The number of carbonyl (C=O) groups excluding carboxylic acids is 1. The van der Waals surface area contributed by atoms with Crippen LogP contribution in [0.2, 0.25) is 0 Å². The molecule has 0 saturated carbocycles. The van der Waals surface area contributed by atoms with Gasteiger partial charge in [0.2, 0.25) is 5.82 Å².